The van der Waals surface area contributed by atoms with E-state index in [2.05, 4.69) is 58.9 Å². The zero-order valence-electron chi connectivity index (χ0n) is 18.1. The van der Waals surface area contributed by atoms with Crippen LogP contribution >= 0.6 is 38.5 Å². The highest BCUT2D eigenvalue weighted by atomic mass is 127. The van der Waals surface area contributed by atoms with Gasteiger partial charge in [0.15, 0.2) is 11.5 Å². The van der Waals surface area contributed by atoms with Gasteiger partial charge in [-0.05, 0) is 71.8 Å². The minimum atomic E-state index is -0.599. The predicted molar refractivity (Wildman–Crippen MR) is 137 cm³/mol. The lowest BCUT2D eigenvalue weighted by Gasteiger charge is -2.20. The van der Waals surface area contributed by atoms with Crippen LogP contribution in [-0.4, -0.2) is 27.5 Å². The SMILES string of the molecule is COc1cc(C(c2c(C)[nH][nH]c2=O)c2c(C)[nH][nH]c2=O)cc(I)c1OCc1ccc(Br)cc1. The molecule has 0 spiro atoms. The van der Waals surface area contributed by atoms with Gasteiger partial charge in [-0.2, -0.15) is 0 Å². The molecule has 8 nitrogen and oxygen atoms in total. The van der Waals surface area contributed by atoms with Gasteiger partial charge in [-0.1, -0.05) is 28.1 Å². The van der Waals surface area contributed by atoms with E-state index in [9.17, 15) is 9.59 Å². The minimum absolute atomic E-state index is 0.276. The van der Waals surface area contributed by atoms with Crippen LogP contribution in [0.1, 0.15) is 39.6 Å². The predicted octanol–water partition coefficient (Wildman–Crippen LogP) is 4.47. The molecule has 0 aliphatic rings. The maximum atomic E-state index is 12.7. The van der Waals surface area contributed by atoms with Gasteiger partial charge in [-0.3, -0.25) is 19.8 Å². The van der Waals surface area contributed by atoms with Crippen LogP contribution in [0.3, 0.4) is 0 Å². The van der Waals surface area contributed by atoms with E-state index in [1.54, 1.807) is 21.0 Å². The Morgan fingerprint density at radius 2 is 1.52 bits per heavy atom. The normalized spacial score (nSPS) is 11.2. The fraction of sp³-hybridized carbons (Fsp3) is 0.217. The maximum Gasteiger partial charge on any atom is 0.268 e. The summed E-state index contributed by atoms with van der Waals surface area (Å²) in [6.07, 6.45) is 0. The monoisotopic (exact) mass is 624 g/mol. The third kappa shape index (κ3) is 4.67. The van der Waals surface area contributed by atoms with Gasteiger partial charge in [0.25, 0.3) is 11.1 Å². The highest BCUT2D eigenvalue weighted by Gasteiger charge is 2.29. The number of hydrogen-bond acceptors (Lipinski definition) is 4. The molecule has 0 aliphatic heterocycles. The molecule has 0 unspecified atom stereocenters. The zero-order valence-corrected chi connectivity index (χ0v) is 21.9. The summed E-state index contributed by atoms with van der Waals surface area (Å²) < 4.78 is 13.6. The average Bonchev–Trinajstić information content (AvgIpc) is 3.30. The Hall–Kier alpha value is -2.73. The largest absolute Gasteiger partial charge is 0.493 e. The van der Waals surface area contributed by atoms with Crippen LogP contribution in [0, 0.1) is 17.4 Å². The number of aromatic nitrogens is 4. The molecule has 2 heterocycles. The number of halogens is 2. The molecule has 0 aliphatic carbocycles. The van der Waals surface area contributed by atoms with Gasteiger partial charge < -0.3 is 19.7 Å². The quantitative estimate of drug-likeness (QED) is 0.227. The molecule has 0 bridgehead atoms. The van der Waals surface area contributed by atoms with E-state index < -0.39 is 5.92 Å². The second-order valence-electron chi connectivity index (χ2n) is 7.62. The van der Waals surface area contributed by atoms with Crippen molar-refractivity contribution in [2.45, 2.75) is 26.4 Å². The Morgan fingerprint density at radius 3 is 2.00 bits per heavy atom. The third-order valence-electron chi connectivity index (χ3n) is 5.48. The lowest BCUT2D eigenvalue weighted by Crippen LogP contribution is -2.20. The molecule has 0 saturated carbocycles. The Balaban J connectivity index is 1.80. The highest BCUT2D eigenvalue weighted by Crippen LogP contribution is 2.40. The van der Waals surface area contributed by atoms with Gasteiger partial charge in [0.1, 0.15) is 6.61 Å². The molecule has 0 amide bonds. The van der Waals surface area contributed by atoms with Gasteiger partial charge in [-0.15, -0.1) is 0 Å². The first-order valence-corrected chi connectivity index (χ1v) is 12.0. The van der Waals surface area contributed by atoms with E-state index in [0.717, 1.165) is 19.2 Å². The molecule has 4 rings (SSSR count). The van der Waals surface area contributed by atoms with Gasteiger partial charge in [0.2, 0.25) is 0 Å². The number of hydrogen-bond donors (Lipinski definition) is 4. The fourth-order valence-corrected chi connectivity index (χ4v) is 4.91. The summed E-state index contributed by atoms with van der Waals surface area (Å²) in [6, 6.07) is 11.6. The molecule has 0 saturated heterocycles. The number of benzene rings is 2. The molecule has 0 atom stereocenters. The summed E-state index contributed by atoms with van der Waals surface area (Å²) >= 11 is 5.62. The van der Waals surface area contributed by atoms with Crippen molar-refractivity contribution in [1.82, 2.24) is 20.4 Å². The Bertz CT molecular complexity index is 1350. The summed E-state index contributed by atoms with van der Waals surface area (Å²) in [5.74, 6) is 0.522. The van der Waals surface area contributed by atoms with Crippen molar-refractivity contribution in [1.29, 1.82) is 0 Å². The molecular formula is C23H22BrIN4O4. The van der Waals surface area contributed by atoms with Crippen molar-refractivity contribution < 1.29 is 9.47 Å². The lowest BCUT2D eigenvalue weighted by molar-refractivity contribution is 0.282. The number of nitrogens with one attached hydrogen (secondary N) is 4. The lowest BCUT2D eigenvalue weighted by atomic mass is 9.85. The molecule has 0 radical (unpaired) electrons. The van der Waals surface area contributed by atoms with E-state index in [0.29, 0.717) is 40.6 Å². The smallest absolute Gasteiger partial charge is 0.268 e. The van der Waals surface area contributed by atoms with E-state index >= 15 is 0 Å². The van der Waals surface area contributed by atoms with Crippen LogP contribution < -0.4 is 20.6 Å². The first-order chi connectivity index (χ1) is 15.8. The van der Waals surface area contributed by atoms with Gasteiger partial charge in [0, 0.05) is 21.8 Å². The van der Waals surface area contributed by atoms with E-state index in [-0.39, 0.29) is 11.1 Å². The van der Waals surface area contributed by atoms with Crippen molar-refractivity contribution in [2.24, 2.45) is 0 Å². The first-order valence-electron chi connectivity index (χ1n) is 10.1. The van der Waals surface area contributed by atoms with Gasteiger partial charge in [-0.25, -0.2) is 0 Å². The molecule has 4 aromatic rings. The summed E-state index contributed by atoms with van der Waals surface area (Å²) in [6.45, 7) is 3.97. The van der Waals surface area contributed by atoms with Crippen LogP contribution in [-0.2, 0) is 6.61 Å². The van der Waals surface area contributed by atoms with Crippen molar-refractivity contribution in [3.63, 3.8) is 0 Å². The standard InChI is InChI=1S/C23H22BrIN4O4/c1-11-18(22(30)28-26-11)20(19-12(2)27-29-23(19)31)14-8-16(25)21(17(9-14)32-3)33-10-13-4-6-15(24)7-5-13/h4-9,20H,10H2,1-3H3,(H2,26,28,30)(H2,27,29,31). The molecule has 2 aromatic heterocycles. The number of aromatic amines is 4. The number of methoxy groups -OCH3 is 1. The van der Waals surface area contributed by atoms with Crippen molar-refractivity contribution in [2.75, 3.05) is 7.11 Å². The Kier molecular flexibility index (Phi) is 6.84. The topological polar surface area (TPSA) is 116 Å². The Labute approximate surface area is 211 Å². The molecule has 10 heteroatoms. The van der Waals surface area contributed by atoms with Crippen LogP contribution in [0.5, 0.6) is 11.5 Å². The molecule has 0 fully saturated rings. The molecule has 33 heavy (non-hydrogen) atoms. The number of aryl methyl sites for hydroxylation is 2. The molecule has 2 aromatic carbocycles. The summed E-state index contributed by atoms with van der Waals surface area (Å²) in [5, 5.41) is 11.0. The zero-order chi connectivity index (χ0) is 23.7. The number of H-pyrrole nitrogens is 4. The van der Waals surface area contributed by atoms with E-state index in [4.69, 9.17) is 9.47 Å². The van der Waals surface area contributed by atoms with Crippen molar-refractivity contribution in [3.8, 4) is 11.5 Å². The first kappa shape index (κ1) is 23.4. The fourth-order valence-electron chi connectivity index (χ4n) is 3.87. The van der Waals surface area contributed by atoms with Crippen LogP contribution in [0.15, 0.2) is 50.5 Å². The third-order valence-corrected chi connectivity index (χ3v) is 6.81. The average molecular weight is 625 g/mol. The van der Waals surface area contributed by atoms with Crippen LogP contribution in [0.2, 0.25) is 0 Å². The maximum absolute atomic E-state index is 12.7. The number of rotatable bonds is 7. The van der Waals surface area contributed by atoms with Crippen LogP contribution in [0.25, 0.3) is 0 Å². The van der Waals surface area contributed by atoms with Gasteiger partial charge >= 0.3 is 0 Å². The summed E-state index contributed by atoms with van der Waals surface area (Å²) in [5.41, 5.74) is 3.48. The number of ether oxygens (including phenoxy) is 2. The second-order valence-corrected chi connectivity index (χ2v) is 9.70. The second kappa shape index (κ2) is 9.64. The van der Waals surface area contributed by atoms with Gasteiger partial charge in [0.05, 0.1) is 21.8 Å². The molecule has 4 N–H and O–H groups in total. The van der Waals surface area contributed by atoms with Crippen molar-refractivity contribution in [3.05, 3.63) is 98.8 Å². The Morgan fingerprint density at radius 1 is 0.939 bits per heavy atom. The summed E-state index contributed by atoms with van der Waals surface area (Å²) in [4.78, 5) is 25.4. The van der Waals surface area contributed by atoms with E-state index in [1.807, 2.05) is 36.4 Å². The van der Waals surface area contributed by atoms with Crippen molar-refractivity contribution >= 4 is 38.5 Å². The molecular weight excluding hydrogens is 603 g/mol. The van der Waals surface area contributed by atoms with E-state index in [1.165, 1.54) is 0 Å². The van der Waals surface area contributed by atoms with Crippen LogP contribution in [0.4, 0.5) is 0 Å². The summed E-state index contributed by atoms with van der Waals surface area (Å²) in [7, 11) is 1.57. The minimum Gasteiger partial charge on any atom is -0.493 e. The molecule has 172 valence electrons. The highest BCUT2D eigenvalue weighted by molar-refractivity contribution is 14.1.